The SMILES string of the molecule is Cc1nc(-c2cccc(NC(=O)[C@@H]3CCC[C@@H]3CN)c2)n[nH]1.Cl. The number of halogens is 1. The number of hydrogen-bond acceptors (Lipinski definition) is 4. The molecule has 4 N–H and O–H groups in total. The van der Waals surface area contributed by atoms with Gasteiger partial charge in [0.15, 0.2) is 5.82 Å². The Morgan fingerprint density at radius 1 is 1.43 bits per heavy atom. The summed E-state index contributed by atoms with van der Waals surface area (Å²) in [5.74, 6) is 1.80. The standard InChI is InChI=1S/C16H21N5O.ClH/c1-10-18-15(21-20-10)11-4-2-6-13(8-11)19-16(22)14-7-3-5-12(14)9-17;/h2,4,6,8,12,14H,3,5,7,9,17H2,1H3,(H,19,22)(H,18,20,21);1H/t12-,14-;/m1./s1. The maximum atomic E-state index is 12.4. The van der Waals surface area contributed by atoms with Crippen molar-refractivity contribution < 1.29 is 4.79 Å². The minimum absolute atomic E-state index is 0. The number of carbonyl (C=O) groups is 1. The van der Waals surface area contributed by atoms with Gasteiger partial charge >= 0.3 is 0 Å². The van der Waals surface area contributed by atoms with E-state index in [-0.39, 0.29) is 24.2 Å². The number of H-pyrrole nitrogens is 1. The topological polar surface area (TPSA) is 96.7 Å². The van der Waals surface area contributed by atoms with E-state index in [1.807, 2.05) is 31.2 Å². The molecule has 1 saturated carbocycles. The Hall–Kier alpha value is -1.92. The number of benzene rings is 1. The average molecular weight is 336 g/mol. The molecule has 1 amide bonds. The van der Waals surface area contributed by atoms with E-state index in [2.05, 4.69) is 20.5 Å². The number of nitrogens with two attached hydrogens (primary N) is 1. The maximum Gasteiger partial charge on any atom is 0.227 e. The summed E-state index contributed by atoms with van der Waals surface area (Å²) in [7, 11) is 0. The highest BCUT2D eigenvalue weighted by molar-refractivity contribution is 5.93. The molecule has 1 aliphatic rings. The second kappa shape index (κ2) is 7.57. The number of nitrogens with zero attached hydrogens (tertiary/aromatic N) is 2. The van der Waals surface area contributed by atoms with Gasteiger partial charge in [0.25, 0.3) is 0 Å². The van der Waals surface area contributed by atoms with E-state index >= 15 is 0 Å². The van der Waals surface area contributed by atoms with Crippen LogP contribution in [0.2, 0.25) is 0 Å². The third-order valence-electron chi connectivity index (χ3n) is 4.28. The Labute approximate surface area is 141 Å². The molecule has 0 spiro atoms. The van der Waals surface area contributed by atoms with Gasteiger partial charge in [-0.2, -0.15) is 5.10 Å². The van der Waals surface area contributed by atoms with E-state index in [4.69, 9.17) is 5.73 Å². The van der Waals surface area contributed by atoms with Crippen LogP contribution in [0.1, 0.15) is 25.1 Å². The molecular weight excluding hydrogens is 314 g/mol. The van der Waals surface area contributed by atoms with Crippen LogP contribution in [0.4, 0.5) is 5.69 Å². The fraction of sp³-hybridized carbons (Fsp3) is 0.438. The van der Waals surface area contributed by atoms with Crippen LogP contribution >= 0.6 is 12.4 Å². The van der Waals surface area contributed by atoms with Gasteiger partial charge in [-0.15, -0.1) is 12.4 Å². The summed E-state index contributed by atoms with van der Waals surface area (Å²) in [4.78, 5) is 16.7. The molecule has 124 valence electrons. The van der Waals surface area contributed by atoms with Crippen molar-refractivity contribution >= 4 is 24.0 Å². The number of amides is 1. The molecule has 1 heterocycles. The summed E-state index contributed by atoms with van der Waals surface area (Å²) in [6.45, 7) is 2.43. The number of hydrogen-bond donors (Lipinski definition) is 3. The summed E-state index contributed by atoms with van der Waals surface area (Å²) in [5, 5.41) is 9.97. The van der Waals surface area contributed by atoms with E-state index in [0.717, 1.165) is 36.3 Å². The third-order valence-corrected chi connectivity index (χ3v) is 4.28. The van der Waals surface area contributed by atoms with Crippen molar-refractivity contribution in [1.29, 1.82) is 0 Å². The van der Waals surface area contributed by atoms with Crippen LogP contribution in [0.3, 0.4) is 0 Å². The number of aromatic amines is 1. The molecule has 0 radical (unpaired) electrons. The van der Waals surface area contributed by atoms with Gasteiger partial charge in [0.2, 0.25) is 5.91 Å². The molecule has 0 aliphatic heterocycles. The van der Waals surface area contributed by atoms with Gasteiger partial charge < -0.3 is 11.1 Å². The summed E-state index contributed by atoms with van der Waals surface area (Å²) < 4.78 is 0. The summed E-state index contributed by atoms with van der Waals surface area (Å²) in [6.07, 6.45) is 3.05. The van der Waals surface area contributed by atoms with Crippen molar-refractivity contribution in [1.82, 2.24) is 15.2 Å². The third kappa shape index (κ3) is 3.89. The lowest BCUT2D eigenvalue weighted by molar-refractivity contribution is -0.120. The molecule has 0 saturated heterocycles. The monoisotopic (exact) mass is 335 g/mol. The number of aromatic nitrogens is 3. The Morgan fingerprint density at radius 3 is 2.96 bits per heavy atom. The number of aryl methyl sites for hydroxylation is 1. The van der Waals surface area contributed by atoms with Crippen LogP contribution < -0.4 is 11.1 Å². The molecule has 1 aromatic heterocycles. The van der Waals surface area contributed by atoms with E-state index < -0.39 is 0 Å². The van der Waals surface area contributed by atoms with E-state index in [1.54, 1.807) is 0 Å². The first-order valence-electron chi connectivity index (χ1n) is 7.67. The molecular formula is C16H22ClN5O. The zero-order valence-electron chi connectivity index (χ0n) is 13.1. The quantitative estimate of drug-likeness (QED) is 0.799. The fourth-order valence-electron chi connectivity index (χ4n) is 3.11. The van der Waals surface area contributed by atoms with Gasteiger partial charge in [0, 0.05) is 17.2 Å². The zero-order chi connectivity index (χ0) is 15.5. The normalized spacial score (nSPS) is 20.1. The molecule has 0 unspecified atom stereocenters. The van der Waals surface area contributed by atoms with Crippen molar-refractivity contribution in [3.8, 4) is 11.4 Å². The van der Waals surface area contributed by atoms with E-state index in [9.17, 15) is 4.79 Å². The number of rotatable bonds is 4. The maximum absolute atomic E-state index is 12.4. The van der Waals surface area contributed by atoms with Gasteiger partial charge in [-0.05, 0) is 44.4 Å². The molecule has 2 aromatic rings. The van der Waals surface area contributed by atoms with E-state index in [0.29, 0.717) is 18.3 Å². The zero-order valence-corrected chi connectivity index (χ0v) is 13.9. The molecule has 1 aromatic carbocycles. The van der Waals surface area contributed by atoms with Gasteiger partial charge in [0.1, 0.15) is 5.82 Å². The molecule has 7 heteroatoms. The van der Waals surface area contributed by atoms with Crippen molar-refractivity contribution in [3.05, 3.63) is 30.1 Å². The van der Waals surface area contributed by atoms with Gasteiger partial charge in [0.05, 0.1) is 0 Å². The van der Waals surface area contributed by atoms with E-state index in [1.165, 1.54) is 0 Å². The predicted molar refractivity (Wildman–Crippen MR) is 92.3 cm³/mol. The van der Waals surface area contributed by atoms with Crippen molar-refractivity contribution in [2.24, 2.45) is 17.6 Å². The van der Waals surface area contributed by atoms with Crippen molar-refractivity contribution in [2.45, 2.75) is 26.2 Å². The van der Waals surface area contributed by atoms with Crippen molar-refractivity contribution in [3.63, 3.8) is 0 Å². The lowest BCUT2D eigenvalue weighted by atomic mass is 9.95. The minimum atomic E-state index is 0. The highest BCUT2D eigenvalue weighted by Gasteiger charge is 2.31. The Bertz CT molecular complexity index is 672. The summed E-state index contributed by atoms with van der Waals surface area (Å²) in [5.41, 5.74) is 7.41. The van der Waals surface area contributed by atoms with Gasteiger partial charge in [-0.1, -0.05) is 18.6 Å². The summed E-state index contributed by atoms with van der Waals surface area (Å²) in [6, 6.07) is 7.60. The lowest BCUT2D eigenvalue weighted by Crippen LogP contribution is -2.29. The first-order chi connectivity index (χ1) is 10.7. The molecule has 23 heavy (non-hydrogen) atoms. The highest BCUT2D eigenvalue weighted by atomic mass is 35.5. The molecule has 2 atom stereocenters. The molecule has 0 bridgehead atoms. The fourth-order valence-corrected chi connectivity index (χ4v) is 3.11. The number of anilines is 1. The highest BCUT2D eigenvalue weighted by Crippen LogP contribution is 2.32. The second-order valence-electron chi connectivity index (χ2n) is 5.85. The van der Waals surface area contributed by atoms with Gasteiger partial charge in [-0.3, -0.25) is 9.89 Å². The van der Waals surface area contributed by atoms with Crippen molar-refractivity contribution in [2.75, 3.05) is 11.9 Å². The first kappa shape index (κ1) is 17.4. The number of carbonyl (C=O) groups excluding carboxylic acids is 1. The van der Waals surface area contributed by atoms with Crippen LogP contribution in [0.25, 0.3) is 11.4 Å². The Morgan fingerprint density at radius 2 is 2.26 bits per heavy atom. The molecule has 3 rings (SSSR count). The van der Waals surface area contributed by atoms with Crippen LogP contribution in [-0.2, 0) is 4.79 Å². The largest absolute Gasteiger partial charge is 0.330 e. The molecule has 6 nitrogen and oxygen atoms in total. The van der Waals surface area contributed by atoms with Crippen LogP contribution in [-0.4, -0.2) is 27.6 Å². The average Bonchev–Trinajstić information content (AvgIpc) is 3.16. The summed E-state index contributed by atoms with van der Waals surface area (Å²) >= 11 is 0. The van der Waals surface area contributed by atoms with Crippen LogP contribution in [0.5, 0.6) is 0 Å². The second-order valence-corrected chi connectivity index (χ2v) is 5.85. The molecule has 1 fully saturated rings. The number of nitrogens with one attached hydrogen (secondary N) is 2. The lowest BCUT2D eigenvalue weighted by Gasteiger charge is -2.17. The smallest absolute Gasteiger partial charge is 0.227 e. The Balaban J connectivity index is 0.00000192. The Kier molecular flexibility index (Phi) is 5.74. The minimum Gasteiger partial charge on any atom is -0.330 e. The van der Waals surface area contributed by atoms with Crippen LogP contribution in [0, 0.1) is 18.8 Å². The first-order valence-corrected chi connectivity index (χ1v) is 7.67. The van der Waals surface area contributed by atoms with Gasteiger partial charge in [-0.25, -0.2) is 4.98 Å². The predicted octanol–water partition coefficient (Wildman–Crippen LogP) is 2.52. The van der Waals surface area contributed by atoms with Crippen LogP contribution in [0.15, 0.2) is 24.3 Å². The molecule has 1 aliphatic carbocycles.